The molecule has 1 heterocycles. The summed E-state index contributed by atoms with van der Waals surface area (Å²) < 4.78 is 0. The molecule has 1 aliphatic heterocycles. The van der Waals surface area contributed by atoms with E-state index in [2.05, 4.69) is 43.1 Å². The van der Waals surface area contributed by atoms with Crippen molar-refractivity contribution in [3.05, 3.63) is 47.8 Å². The van der Waals surface area contributed by atoms with Gasteiger partial charge in [-0.3, -0.25) is 0 Å². The van der Waals surface area contributed by atoms with E-state index in [9.17, 15) is 9.59 Å². The molecule has 21 heavy (non-hydrogen) atoms. The molecule has 2 rings (SSSR count). The summed E-state index contributed by atoms with van der Waals surface area (Å²) in [5.41, 5.74) is -0.380. The summed E-state index contributed by atoms with van der Waals surface area (Å²) in [6.07, 6.45) is 4.79. The molecular formula is C15H20N2O4. The topological polar surface area (TPSA) is 81.1 Å². The molecule has 0 aromatic heterocycles. The molecule has 0 spiro atoms. The van der Waals surface area contributed by atoms with E-state index in [1.165, 1.54) is 24.3 Å². The molecule has 1 aromatic carbocycles. The summed E-state index contributed by atoms with van der Waals surface area (Å²) in [6.45, 7) is 5.46. The van der Waals surface area contributed by atoms with Crippen LogP contribution in [0.1, 0.15) is 34.6 Å². The number of hydrogen-bond acceptors (Lipinski definition) is 4. The van der Waals surface area contributed by atoms with Crippen LogP contribution in [0.15, 0.2) is 36.7 Å². The molecule has 1 atom stereocenters. The maximum Gasteiger partial charge on any atom is 0.336 e. The summed E-state index contributed by atoms with van der Waals surface area (Å²) >= 11 is 0. The zero-order valence-electron chi connectivity index (χ0n) is 12.4. The second-order valence-corrected chi connectivity index (χ2v) is 4.58. The van der Waals surface area contributed by atoms with Crippen LogP contribution in [0.2, 0.25) is 0 Å². The molecule has 6 heteroatoms. The predicted octanol–water partition coefficient (Wildman–Crippen LogP) is 2.15. The Morgan fingerprint density at radius 2 is 1.57 bits per heavy atom. The number of carboxylic acids is 2. The summed E-state index contributed by atoms with van der Waals surface area (Å²) in [6, 6.07) is 5.48. The van der Waals surface area contributed by atoms with E-state index >= 15 is 0 Å². The lowest BCUT2D eigenvalue weighted by Crippen LogP contribution is -2.33. The second kappa shape index (κ2) is 7.33. The van der Waals surface area contributed by atoms with Crippen molar-refractivity contribution in [2.24, 2.45) is 0 Å². The maximum atomic E-state index is 10.5. The van der Waals surface area contributed by atoms with Crippen molar-refractivity contribution in [2.75, 3.05) is 13.6 Å². The molecule has 1 unspecified atom stereocenters. The Bertz CT molecular complexity index is 509. The Hall–Kier alpha value is -2.50. The highest BCUT2D eigenvalue weighted by Crippen LogP contribution is 2.11. The quantitative estimate of drug-likeness (QED) is 0.888. The van der Waals surface area contributed by atoms with Gasteiger partial charge in [-0.25, -0.2) is 9.59 Å². The average molecular weight is 292 g/mol. The number of rotatable bonds is 3. The molecule has 0 radical (unpaired) electrons. The third-order valence-corrected chi connectivity index (χ3v) is 3.32. The van der Waals surface area contributed by atoms with Gasteiger partial charge in [0.25, 0.3) is 0 Å². The van der Waals surface area contributed by atoms with Crippen LogP contribution in [0.25, 0.3) is 0 Å². The Kier molecular flexibility index (Phi) is 5.78. The van der Waals surface area contributed by atoms with Crippen molar-refractivity contribution in [3.63, 3.8) is 0 Å². The highest BCUT2D eigenvalue weighted by atomic mass is 16.4. The highest BCUT2D eigenvalue weighted by Gasteiger charge is 2.15. The molecule has 6 nitrogen and oxygen atoms in total. The molecule has 2 N–H and O–H groups in total. The van der Waals surface area contributed by atoms with E-state index in [0.717, 1.165) is 6.54 Å². The van der Waals surface area contributed by atoms with Crippen LogP contribution in [0.3, 0.4) is 0 Å². The van der Waals surface area contributed by atoms with Gasteiger partial charge in [-0.05, 0) is 26.0 Å². The normalized spacial score (nSPS) is 16.4. The first kappa shape index (κ1) is 16.6. The minimum atomic E-state index is -1.23. The molecule has 1 aromatic rings. The third-order valence-electron chi connectivity index (χ3n) is 3.32. The number of nitrogens with zero attached hydrogens (tertiary/aromatic N) is 2. The maximum absolute atomic E-state index is 10.5. The van der Waals surface area contributed by atoms with Gasteiger partial charge in [0.2, 0.25) is 0 Å². The zero-order valence-corrected chi connectivity index (χ0v) is 12.4. The fraction of sp³-hybridized carbons (Fsp3) is 0.333. The van der Waals surface area contributed by atoms with Crippen LogP contribution in [0.5, 0.6) is 0 Å². The van der Waals surface area contributed by atoms with Gasteiger partial charge in [0.05, 0.1) is 17.3 Å². The fourth-order valence-corrected chi connectivity index (χ4v) is 1.90. The number of carbonyl (C=O) groups is 2. The monoisotopic (exact) mass is 292 g/mol. The van der Waals surface area contributed by atoms with Crippen molar-refractivity contribution in [3.8, 4) is 0 Å². The van der Waals surface area contributed by atoms with Gasteiger partial charge in [-0.1, -0.05) is 12.1 Å². The number of carboxylic acid groups (broad SMARTS) is 2. The van der Waals surface area contributed by atoms with E-state index < -0.39 is 11.9 Å². The molecule has 1 aliphatic rings. The molecule has 114 valence electrons. The number of aromatic carboxylic acids is 2. The molecular weight excluding hydrogens is 272 g/mol. The first-order valence-corrected chi connectivity index (χ1v) is 6.60. The summed E-state index contributed by atoms with van der Waals surface area (Å²) in [4.78, 5) is 25.4. The smallest absolute Gasteiger partial charge is 0.336 e. The number of hydrogen-bond donors (Lipinski definition) is 2. The van der Waals surface area contributed by atoms with E-state index in [-0.39, 0.29) is 11.1 Å². The van der Waals surface area contributed by atoms with Crippen LogP contribution in [-0.4, -0.2) is 51.7 Å². The van der Waals surface area contributed by atoms with E-state index in [1.54, 1.807) is 0 Å². The Morgan fingerprint density at radius 3 is 1.81 bits per heavy atom. The standard InChI is InChI=1S/C8H6O4.C7H14N2/c9-7(10)5-3-1-2-4-6(5)8(11)12;1-4-9-6-5-8(3)7(9)2/h1-4H,(H,9,10)(H,11,12);5-7H,4H2,1-3H3. The van der Waals surface area contributed by atoms with Crippen molar-refractivity contribution >= 4 is 11.9 Å². The molecule has 0 fully saturated rings. The first-order chi connectivity index (χ1) is 9.88. The molecule has 0 bridgehead atoms. The lowest BCUT2D eigenvalue weighted by Gasteiger charge is -2.25. The van der Waals surface area contributed by atoms with E-state index in [0.29, 0.717) is 6.17 Å². The van der Waals surface area contributed by atoms with Crippen LogP contribution < -0.4 is 0 Å². The van der Waals surface area contributed by atoms with Gasteiger partial charge in [0, 0.05) is 26.0 Å². The van der Waals surface area contributed by atoms with Crippen LogP contribution in [0.4, 0.5) is 0 Å². The van der Waals surface area contributed by atoms with E-state index in [1.807, 2.05) is 0 Å². The van der Waals surface area contributed by atoms with E-state index in [4.69, 9.17) is 10.2 Å². The van der Waals surface area contributed by atoms with Gasteiger partial charge < -0.3 is 20.0 Å². The third kappa shape index (κ3) is 4.24. The first-order valence-electron chi connectivity index (χ1n) is 6.60. The molecule has 0 aliphatic carbocycles. The minimum Gasteiger partial charge on any atom is -0.478 e. The predicted molar refractivity (Wildman–Crippen MR) is 79.1 cm³/mol. The van der Waals surface area contributed by atoms with Crippen LogP contribution in [0, 0.1) is 0 Å². The summed E-state index contributed by atoms with van der Waals surface area (Å²) in [5.74, 6) is -2.46. The summed E-state index contributed by atoms with van der Waals surface area (Å²) in [5, 5.41) is 17.1. The van der Waals surface area contributed by atoms with Gasteiger partial charge >= 0.3 is 11.9 Å². The van der Waals surface area contributed by atoms with Crippen LogP contribution >= 0.6 is 0 Å². The lowest BCUT2D eigenvalue weighted by molar-refractivity contribution is 0.0651. The fourth-order valence-electron chi connectivity index (χ4n) is 1.90. The van der Waals surface area contributed by atoms with Crippen molar-refractivity contribution < 1.29 is 19.8 Å². The molecule has 0 amide bonds. The van der Waals surface area contributed by atoms with Crippen molar-refractivity contribution in [2.45, 2.75) is 20.0 Å². The molecule has 0 saturated heterocycles. The van der Waals surface area contributed by atoms with Crippen molar-refractivity contribution in [1.29, 1.82) is 0 Å². The van der Waals surface area contributed by atoms with Gasteiger partial charge in [-0.2, -0.15) is 0 Å². The van der Waals surface area contributed by atoms with Crippen molar-refractivity contribution in [1.82, 2.24) is 9.80 Å². The van der Waals surface area contributed by atoms with Gasteiger partial charge in [0.15, 0.2) is 0 Å². The lowest BCUT2D eigenvalue weighted by atomic mass is 10.1. The zero-order chi connectivity index (χ0) is 16.0. The van der Waals surface area contributed by atoms with Gasteiger partial charge in [-0.15, -0.1) is 0 Å². The minimum absolute atomic E-state index is 0.190. The Balaban J connectivity index is 0.000000219. The second-order valence-electron chi connectivity index (χ2n) is 4.58. The summed E-state index contributed by atoms with van der Waals surface area (Å²) in [7, 11) is 2.09. The van der Waals surface area contributed by atoms with Gasteiger partial charge in [0.1, 0.15) is 0 Å². The van der Waals surface area contributed by atoms with Crippen LogP contribution in [-0.2, 0) is 0 Å². The Labute approximate surface area is 123 Å². The highest BCUT2D eigenvalue weighted by molar-refractivity contribution is 6.01. The average Bonchev–Trinajstić information content (AvgIpc) is 2.79. The number of benzene rings is 1. The molecule has 0 saturated carbocycles. The Morgan fingerprint density at radius 1 is 1.10 bits per heavy atom. The largest absolute Gasteiger partial charge is 0.478 e. The SMILES string of the molecule is CCN1C=CN(C)C1C.O=C(O)c1ccccc1C(=O)O.